The highest BCUT2D eigenvalue weighted by atomic mass is 32.2. The normalized spacial score (nSPS) is 15.3. The van der Waals surface area contributed by atoms with Crippen LogP contribution in [0.2, 0.25) is 0 Å². The van der Waals surface area contributed by atoms with Gasteiger partial charge in [0.2, 0.25) is 0 Å². The van der Waals surface area contributed by atoms with Gasteiger partial charge in [-0.25, -0.2) is 9.38 Å². The van der Waals surface area contributed by atoms with E-state index in [4.69, 9.17) is 14.5 Å². The Hall–Kier alpha value is -4.36. The number of hydrogen-bond donors (Lipinski definition) is 0. The van der Waals surface area contributed by atoms with Crippen molar-refractivity contribution in [2.75, 3.05) is 12.0 Å². The van der Waals surface area contributed by atoms with Gasteiger partial charge in [-0.1, -0.05) is 54.6 Å². The van der Waals surface area contributed by atoms with E-state index in [1.165, 1.54) is 23.9 Å². The van der Waals surface area contributed by atoms with Crippen molar-refractivity contribution in [3.8, 4) is 11.5 Å². The van der Waals surface area contributed by atoms with Gasteiger partial charge in [0.1, 0.15) is 12.4 Å². The molecule has 196 valence electrons. The van der Waals surface area contributed by atoms with Crippen LogP contribution in [-0.4, -0.2) is 18.2 Å². The van der Waals surface area contributed by atoms with Gasteiger partial charge in [-0.15, -0.1) is 0 Å². The molecule has 4 aromatic rings. The van der Waals surface area contributed by atoms with E-state index in [0.717, 1.165) is 33.6 Å². The third kappa shape index (κ3) is 5.89. The Morgan fingerprint density at radius 1 is 0.897 bits per heavy atom. The molecule has 0 unspecified atom stereocenters. The molecule has 1 amide bonds. The first-order valence-electron chi connectivity index (χ1n) is 12.4. The van der Waals surface area contributed by atoms with Crippen molar-refractivity contribution in [1.82, 2.24) is 0 Å². The molecule has 1 fully saturated rings. The summed E-state index contributed by atoms with van der Waals surface area (Å²) in [5, 5.41) is 0.598. The predicted molar refractivity (Wildman–Crippen MR) is 156 cm³/mol. The molecule has 0 aliphatic carbocycles. The minimum Gasteiger partial charge on any atom is -0.493 e. The smallest absolute Gasteiger partial charge is 0.271 e. The second-order valence-electron chi connectivity index (χ2n) is 9.05. The summed E-state index contributed by atoms with van der Waals surface area (Å²) in [5.74, 6) is 0.650. The highest BCUT2D eigenvalue weighted by molar-refractivity contribution is 8.19. The maximum absolute atomic E-state index is 13.7. The third-order valence-electron chi connectivity index (χ3n) is 6.26. The highest BCUT2D eigenvalue weighted by Crippen LogP contribution is 2.39. The summed E-state index contributed by atoms with van der Waals surface area (Å²) in [4.78, 5) is 20.8. The molecule has 0 N–H and O–H groups in total. The number of methoxy groups -OCH3 is 1. The lowest BCUT2D eigenvalue weighted by molar-refractivity contribution is -0.113. The zero-order valence-electron chi connectivity index (χ0n) is 21.9. The Bertz CT molecular complexity index is 1550. The summed E-state index contributed by atoms with van der Waals surface area (Å²) >= 11 is 1.34. The molecule has 5 rings (SSSR count). The number of nitrogens with zero attached hydrogens (tertiary/aromatic N) is 2. The van der Waals surface area contributed by atoms with Crippen LogP contribution in [0, 0.1) is 19.7 Å². The Kier molecular flexibility index (Phi) is 7.79. The van der Waals surface area contributed by atoms with Crippen LogP contribution in [0.4, 0.5) is 15.8 Å². The number of ether oxygens (including phenoxy) is 2. The molecule has 7 heteroatoms. The molecule has 0 bridgehead atoms. The summed E-state index contributed by atoms with van der Waals surface area (Å²) < 4.78 is 24.7. The number of thioether (sulfide) groups is 1. The first-order valence-corrected chi connectivity index (χ1v) is 13.2. The van der Waals surface area contributed by atoms with Crippen LogP contribution in [0.5, 0.6) is 11.5 Å². The second kappa shape index (κ2) is 11.6. The fourth-order valence-corrected chi connectivity index (χ4v) is 5.20. The maximum Gasteiger partial charge on any atom is 0.271 e. The summed E-state index contributed by atoms with van der Waals surface area (Å²) in [7, 11) is 1.57. The average Bonchev–Trinajstić information content (AvgIpc) is 3.25. The molecule has 0 radical (unpaired) electrons. The number of carbonyl (C=O) groups excluding carboxylic acids is 1. The number of para-hydroxylation sites is 2. The molecule has 1 aliphatic heterocycles. The predicted octanol–water partition coefficient (Wildman–Crippen LogP) is 7.84. The van der Waals surface area contributed by atoms with Gasteiger partial charge in [0.05, 0.1) is 23.4 Å². The molecule has 1 heterocycles. The van der Waals surface area contributed by atoms with E-state index in [1.54, 1.807) is 30.2 Å². The lowest BCUT2D eigenvalue weighted by atomic mass is 10.1. The molecule has 5 nitrogen and oxygen atoms in total. The molecule has 1 saturated heterocycles. The van der Waals surface area contributed by atoms with Gasteiger partial charge in [-0.3, -0.25) is 9.69 Å². The zero-order valence-corrected chi connectivity index (χ0v) is 22.7. The monoisotopic (exact) mass is 538 g/mol. The fourth-order valence-electron chi connectivity index (χ4n) is 4.22. The van der Waals surface area contributed by atoms with Crippen molar-refractivity contribution in [3.63, 3.8) is 0 Å². The van der Waals surface area contributed by atoms with Crippen LogP contribution < -0.4 is 14.4 Å². The molecule has 0 spiro atoms. The Labute approximate surface area is 231 Å². The second-order valence-corrected chi connectivity index (χ2v) is 10.1. The number of halogens is 1. The SMILES string of the molecule is COc1cc(/C=C2\SC(=Nc3c(C)cccc3C)N(c3ccccc3)C2=O)ccc1OCc1ccc(F)cc1. The topological polar surface area (TPSA) is 51.1 Å². The number of hydrogen-bond acceptors (Lipinski definition) is 5. The van der Waals surface area contributed by atoms with E-state index in [9.17, 15) is 9.18 Å². The van der Waals surface area contributed by atoms with Crippen molar-refractivity contribution in [1.29, 1.82) is 0 Å². The molecule has 1 aliphatic rings. The van der Waals surface area contributed by atoms with Crippen LogP contribution in [0.15, 0.2) is 101 Å². The first kappa shape index (κ1) is 26.3. The van der Waals surface area contributed by atoms with Crippen LogP contribution in [-0.2, 0) is 11.4 Å². The van der Waals surface area contributed by atoms with E-state index >= 15 is 0 Å². The number of aryl methyl sites for hydroxylation is 2. The van der Waals surface area contributed by atoms with E-state index < -0.39 is 0 Å². The Morgan fingerprint density at radius 3 is 2.31 bits per heavy atom. The number of amidine groups is 1. The molecule has 4 aromatic carbocycles. The van der Waals surface area contributed by atoms with E-state index in [2.05, 4.69) is 0 Å². The average molecular weight is 539 g/mol. The largest absolute Gasteiger partial charge is 0.493 e. The fraction of sp³-hybridized carbons (Fsp3) is 0.125. The third-order valence-corrected chi connectivity index (χ3v) is 7.23. The Morgan fingerprint density at radius 2 is 1.62 bits per heavy atom. The van der Waals surface area contributed by atoms with Gasteiger partial charge in [0.25, 0.3) is 5.91 Å². The molecule has 0 saturated carbocycles. The van der Waals surface area contributed by atoms with Gasteiger partial charge in [0.15, 0.2) is 16.7 Å². The van der Waals surface area contributed by atoms with E-state index in [0.29, 0.717) is 21.6 Å². The van der Waals surface area contributed by atoms with Crippen molar-refractivity contribution < 1.29 is 18.7 Å². The number of aliphatic imine (C=N–C) groups is 1. The van der Waals surface area contributed by atoms with Crippen LogP contribution >= 0.6 is 11.8 Å². The zero-order chi connectivity index (χ0) is 27.4. The minimum absolute atomic E-state index is 0.146. The number of rotatable bonds is 7. The van der Waals surface area contributed by atoms with Crippen LogP contribution in [0.1, 0.15) is 22.3 Å². The van der Waals surface area contributed by atoms with Crippen LogP contribution in [0.3, 0.4) is 0 Å². The quantitative estimate of drug-likeness (QED) is 0.225. The van der Waals surface area contributed by atoms with Crippen molar-refractivity contribution in [2.24, 2.45) is 4.99 Å². The van der Waals surface area contributed by atoms with Gasteiger partial charge < -0.3 is 9.47 Å². The lowest BCUT2D eigenvalue weighted by Crippen LogP contribution is -2.28. The molecule has 39 heavy (non-hydrogen) atoms. The Balaban J connectivity index is 1.45. The molecular formula is C32H27FN2O3S. The molecule has 0 aromatic heterocycles. The van der Waals surface area contributed by atoms with Crippen molar-refractivity contribution >= 4 is 40.3 Å². The summed E-state index contributed by atoms with van der Waals surface area (Å²) in [6.07, 6.45) is 1.84. The lowest BCUT2D eigenvalue weighted by Gasteiger charge is -2.16. The number of anilines is 1. The summed E-state index contributed by atoms with van der Waals surface area (Å²) in [6, 6.07) is 27.2. The first-order chi connectivity index (χ1) is 18.9. The minimum atomic E-state index is -0.291. The van der Waals surface area contributed by atoms with Gasteiger partial charge >= 0.3 is 0 Å². The van der Waals surface area contributed by atoms with Crippen molar-refractivity contribution in [3.05, 3.63) is 124 Å². The van der Waals surface area contributed by atoms with E-state index in [1.807, 2.05) is 80.6 Å². The number of carbonyl (C=O) groups is 1. The molecule has 0 atom stereocenters. The summed E-state index contributed by atoms with van der Waals surface area (Å²) in [6.45, 7) is 4.31. The van der Waals surface area contributed by atoms with Gasteiger partial charge in [-0.05, 0) is 90.3 Å². The number of benzene rings is 4. The van der Waals surface area contributed by atoms with E-state index in [-0.39, 0.29) is 18.3 Å². The standard InChI is InChI=1S/C32H27FN2O3S/c1-21-8-7-9-22(2)30(21)34-32-35(26-10-5-4-6-11-26)31(36)29(39-32)19-24-14-17-27(28(18-24)37-3)38-20-23-12-15-25(33)16-13-23/h4-19H,20H2,1-3H3/b29-19-,34-32?. The van der Waals surface area contributed by atoms with Crippen molar-refractivity contribution in [2.45, 2.75) is 20.5 Å². The highest BCUT2D eigenvalue weighted by Gasteiger charge is 2.35. The van der Waals surface area contributed by atoms with Gasteiger partial charge in [-0.2, -0.15) is 0 Å². The summed E-state index contributed by atoms with van der Waals surface area (Å²) in [5.41, 5.74) is 5.33. The van der Waals surface area contributed by atoms with Crippen LogP contribution in [0.25, 0.3) is 6.08 Å². The number of amides is 1. The maximum atomic E-state index is 13.7. The van der Waals surface area contributed by atoms with Gasteiger partial charge in [0, 0.05) is 0 Å². The molecular weight excluding hydrogens is 511 g/mol.